The van der Waals surface area contributed by atoms with Crippen molar-refractivity contribution in [2.45, 2.75) is 26.3 Å². The molecule has 1 unspecified atom stereocenters. The number of rotatable bonds is 5. The molecular weight excluding hydrogens is 256 g/mol. The monoisotopic (exact) mass is 276 g/mol. The van der Waals surface area contributed by atoms with Gasteiger partial charge in [-0.1, -0.05) is 6.92 Å². The number of imide groups is 1. The highest BCUT2D eigenvalue weighted by atomic mass is 16.2. The standard InChI is InChI=1S/C14H20N4O2/c1-3-6-15-10(2)12-5-4-11(7-16-12)18-8-13(19)17-14(20)9-18/h4-5,7,10,15H,3,6,8-9H2,1-2H3,(H,17,19,20). The van der Waals surface area contributed by atoms with E-state index in [1.807, 2.05) is 12.1 Å². The fourth-order valence-electron chi connectivity index (χ4n) is 2.13. The van der Waals surface area contributed by atoms with Gasteiger partial charge in [0, 0.05) is 6.04 Å². The van der Waals surface area contributed by atoms with Gasteiger partial charge in [-0.3, -0.25) is 19.9 Å². The number of pyridine rings is 1. The normalized spacial score (nSPS) is 17.0. The van der Waals surface area contributed by atoms with Gasteiger partial charge in [0.25, 0.3) is 0 Å². The minimum Gasteiger partial charge on any atom is -0.352 e. The van der Waals surface area contributed by atoms with Gasteiger partial charge in [-0.25, -0.2) is 0 Å². The molecule has 1 aromatic rings. The van der Waals surface area contributed by atoms with Crippen molar-refractivity contribution in [2.75, 3.05) is 24.5 Å². The molecule has 0 saturated carbocycles. The van der Waals surface area contributed by atoms with Crippen molar-refractivity contribution in [1.82, 2.24) is 15.6 Å². The summed E-state index contributed by atoms with van der Waals surface area (Å²) in [7, 11) is 0. The zero-order valence-electron chi connectivity index (χ0n) is 11.8. The number of nitrogens with one attached hydrogen (secondary N) is 2. The number of aromatic nitrogens is 1. The average molecular weight is 276 g/mol. The highest BCUT2D eigenvalue weighted by Crippen LogP contribution is 2.17. The fraction of sp³-hybridized carbons (Fsp3) is 0.500. The Hall–Kier alpha value is -1.95. The molecule has 2 N–H and O–H groups in total. The Balaban J connectivity index is 2.04. The van der Waals surface area contributed by atoms with E-state index in [0.29, 0.717) is 0 Å². The Morgan fingerprint density at radius 3 is 2.60 bits per heavy atom. The van der Waals surface area contributed by atoms with Gasteiger partial charge in [0.2, 0.25) is 11.8 Å². The van der Waals surface area contributed by atoms with Gasteiger partial charge in [-0.2, -0.15) is 0 Å². The first-order valence-corrected chi connectivity index (χ1v) is 6.87. The third kappa shape index (κ3) is 3.54. The molecule has 1 atom stereocenters. The first kappa shape index (κ1) is 14.5. The quantitative estimate of drug-likeness (QED) is 0.771. The lowest BCUT2D eigenvalue weighted by Crippen LogP contribution is -2.51. The van der Waals surface area contributed by atoms with Crippen LogP contribution in [0.2, 0.25) is 0 Å². The minimum atomic E-state index is -0.275. The lowest BCUT2D eigenvalue weighted by atomic mass is 10.2. The van der Waals surface area contributed by atoms with Crippen LogP contribution in [0.3, 0.4) is 0 Å². The molecular formula is C14H20N4O2. The second-order valence-corrected chi connectivity index (χ2v) is 4.94. The molecule has 0 aromatic carbocycles. The minimum absolute atomic E-state index is 0.190. The Bertz CT molecular complexity index is 470. The Kier molecular flexibility index (Phi) is 4.68. The van der Waals surface area contributed by atoms with Crippen LogP contribution in [0.25, 0.3) is 0 Å². The average Bonchev–Trinajstić information content (AvgIpc) is 2.44. The lowest BCUT2D eigenvalue weighted by Gasteiger charge is -2.27. The molecule has 1 aliphatic rings. The number of hydrogen-bond donors (Lipinski definition) is 2. The summed E-state index contributed by atoms with van der Waals surface area (Å²) in [5.41, 5.74) is 1.75. The van der Waals surface area contributed by atoms with E-state index in [4.69, 9.17) is 0 Å². The van der Waals surface area contributed by atoms with Crippen LogP contribution < -0.4 is 15.5 Å². The van der Waals surface area contributed by atoms with Crippen molar-refractivity contribution in [3.63, 3.8) is 0 Å². The fourth-order valence-corrected chi connectivity index (χ4v) is 2.13. The van der Waals surface area contributed by atoms with Gasteiger partial charge in [0.05, 0.1) is 30.7 Å². The van der Waals surface area contributed by atoms with Gasteiger partial charge in [0.1, 0.15) is 0 Å². The van der Waals surface area contributed by atoms with Crippen molar-refractivity contribution in [3.05, 3.63) is 24.0 Å². The number of piperazine rings is 1. The van der Waals surface area contributed by atoms with Crippen molar-refractivity contribution in [3.8, 4) is 0 Å². The number of carbonyl (C=O) groups excluding carboxylic acids is 2. The Morgan fingerprint density at radius 2 is 2.05 bits per heavy atom. The molecule has 108 valence electrons. The number of amides is 2. The molecule has 6 nitrogen and oxygen atoms in total. The summed E-state index contributed by atoms with van der Waals surface area (Å²) in [5, 5.41) is 5.65. The molecule has 1 saturated heterocycles. The predicted molar refractivity (Wildman–Crippen MR) is 76.3 cm³/mol. The first-order valence-electron chi connectivity index (χ1n) is 6.87. The third-order valence-corrected chi connectivity index (χ3v) is 3.23. The molecule has 0 spiro atoms. The molecule has 0 aliphatic carbocycles. The zero-order chi connectivity index (χ0) is 14.5. The summed E-state index contributed by atoms with van der Waals surface area (Å²) < 4.78 is 0. The van der Waals surface area contributed by atoms with Gasteiger partial charge >= 0.3 is 0 Å². The number of nitrogens with zero attached hydrogens (tertiary/aromatic N) is 2. The predicted octanol–water partition coefficient (Wildman–Crippen LogP) is 0.605. The molecule has 6 heteroatoms. The van der Waals surface area contributed by atoms with E-state index in [9.17, 15) is 9.59 Å². The molecule has 1 aliphatic heterocycles. The SMILES string of the molecule is CCCNC(C)c1ccc(N2CC(=O)NC(=O)C2)cn1. The summed E-state index contributed by atoms with van der Waals surface area (Å²) in [6, 6.07) is 4.02. The van der Waals surface area contributed by atoms with Crippen LogP contribution in [-0.4, -0.2) is 36.4 Å². The summed E-state index contributed by atoms with van der Waals surface area (Å²) >= 11 is 0. The highest BCUT2D eigenvalue weighted by Gasteiger charge is 2.22. The maximum Gasteiger partial charge on any atom is 0.246 e. The van der Waals surface area contributed by atoms with Crippen molar-refractivity contribution >= 4 is 17.5 Å². The van der Waals surface area contributed by atoms with Crippen LogP contribution >= 0.6 is 0 Å². The molecule has 2 heterocycles. The summed E-state index contributed by atoms with van der Waals surface area (Å²) in [5.74, 6) is -0.549. The van der Waals surface area contributed by atoms with Crippen molar-refractivity contribution in [1.29, 1.82) is 0 Å². The van der Waals surface area contributed by atoms with Crippen LogP contribution in [-0.2, 0) is 9.59 Å². The molecule has 2 amide bonds. The maximum atomic E-state index is 11.3. The summed E-state index contributed by atoms with van der Waals surface area (Å²) in [6.07, 6.45) is 2.79. The van der Waals surface area contributed by atoms with E-state index in [1.54, 1.807) is 11.1 Å². The zero-order valence-corrected chi connectivity index (χ0v) is 11.8. The van der Waals surface area contributed by atoms with Crippen LogP contribution in [0.4, 0.5) is 5.69 Å². The van der Waals surface area contributed by atoms with Gasteiger partial charge in [-0.15, -0.1) is 0 Å². The van der Waals surface area contributed by atoms with Crippen LogP contribution in [0.15, 0.2) is 18.3 Å². The molecule has 1 fully saturated rings. The van der Waals surface area contributed by atoms with Crippen LogP contribution in [0.1, 0.15) is 32.0 Å². The molecule has 20 heavy (non-hydrogen) atoms. The topological polar surface area (TPSA) is 74.3 Å². The molecule has 2 rings (SSSR count). The third-order valence-electron chi connectivity index (χ3n) is 3.23. The second-order valence-electron chi connectivity index (χ2n) is 4.94. The molecule has 0 radical (unpaired) electrons. The molecule has 1 aromatic heterocycles. The van der Waals surface area contributed by atoms with E-state index in [2.05, 4.69) is 29.5 Å². The maximum absolute atomic E-state index is 11.3. The highest BCUT2D eigenvalue weighted by molar-refractivity contribution is 6.02. The van der Waals surface area contributed by atoms with Crippen molar-refractivity contribution in [2.24, 2.45) is 0 Å². The van der Waals surface area contributed by atoms with E-state index >= 15 is 0 Å². The number of carbonyl (C=O) groups is 2. The summed E-state index contributed by atoms with van der Waals surface area (Å²) in [6.45, 7) is 5.52. The Labute approximate surface area is 118 Å². The van der Waals surface area contributed by atoms with Crippen molar-refractivity contribution < 1.29 is 9.59 Å². The second kappa shape index (κ2) is 6.47. The van der Waals surface area contributed by atoms with E-state index in [0.717, 1.165) is 24.3 Å². The van der Waals surface area contributed by atoms with E-state index in [1.165, 1.54) is 0 Å². The lowest BCUT2D eigenvalue weighted by molar-refractivity contribution is -0.130. The largest absolute Gasteiger partial charge is 0.352 e. The van der Waals surface area contributed by atoms with Gasteiger partial charge in [0.15, 0.2) is 0 Å². The molecule has 0 bridgehead atoms. The van der Waals surface area contributed by atoms with Gasteiger partial charge in [-0.05, 0) is 32.0 Å². The number of anilines is 1. The van der Waals surface area contributed by atoms with Crippen LogP contribution in [0, 0.1) is 0 Å². The van der Waals surface area contributed by atoms with E-state index < -0.39 is 0 Å². The summed E-state index contributed by atoms with van der Waals surface area (Å²) in [4.78, 5) is 28.8. The first-order chi connectivity index (χ1) is 9.60. The van der Waals surface area contributed by atoms with Crippen LogP contribution in [0.5, 0.6) is 0 Å². The smallest absolute Gasteiger partial charge is 0.246 e. The van der Waals surface area contributed by atoms with Gasteiger partial charge < -0.3 is 10.2 Å². The Morgan fingerprint density at radius 1 is 1.35 bits per heavy atom. The van der Waals surface area contributed by atoms with E-state index in [-0.39, 0.29) is 30.9 Å². The number of hydrogen-bond acceptors (Lipinski definition) is 5.